The summed E-state index contributed by atoms with van der Waals surface area (Å²) in [6, 6.07) is -0.958. The number of carboxylic acids is 1. The van der Waals surface area contributed by atoms with Crippen molar-refractivity contribution in [1.82, 2.24) is 5.32 Å². The summed E-state index contributed by atoms with van der Waals surface area (Å²) in [6.45, 7) is 0. The molecule has 58 valence electrons. The van der Waals surface area contributed by atoms with Gasteiger partial charge in [0.15, 0.2) is 0 Å². The van der Waals surface area contributed by atoms with Crippen molar-refractivity contribution >= 4 is 23.6 Å². The normalized spacial score (nSPS) is 17.3. The Kier molecular flexibility index (Phi) is 1.67. The van der Waals surface area contributed by atoms with Crippen LogP contribution in [0.1, 0.15) is 6.42 Å². The molecule has 0 radical (unpaired) electrons. The highest BCUT2D eigenvalue weighted by Gasteiger charge is 2.17. The molecular weight excluding hydrogens is 152 g/mol. The summed E-state index contributed by atoms with van der Waals surface area (Å²) in [5, 5.41) is 11.9. The Hall–Kier alpha value is -1.72. The topological polar surface area (TPSA) is 98.7 Å². The quantitative estimate of drug-likeness (QED) is 0.465. The van der Waals surface area contributed by atoms with Crippen molar-refractivity contribution < 1.29 is 19.5 Å². The van der Waals surface area contributed by atoms with E-state index in [1.165, 1.54) is 0 Å². The lowest BCUT2D eigenvalue weighted by Crippen LogP contribution is -2.42. The van der Waals surface area contributed by atoms with Crippen LogP contribution in [0.15, 0.2) is 4.99 Å². The first kappa shape index (κ1) is 7.39. The molecule has 6 nitrogen and oxygen atoms in total. The van der Waals surface area contributed by atoms with Gasteiger partial charge in [0.25, 0.3) is 0 Å². The molecule has 1 N–H and O–H groups in total. The minimum atomic E-state index is -1.59. The highest BCUT2D eigenvalue weighted by atomic mass is 16.4. The van der Waals surface area contributed by atoms with E-state index in [4.69, 9.17) is 0 Å². The lowest BCUT2D eigenvalue weighted by molar-refractivity contribution is -0.294. The summed E-state index contributed by atoms with van der Waals surface area (Å²) in [5.74, 6) is -2.27. The first-order valence-electron chi connectivity index (χ1n) is 2.72. The van der Waals surface area contributed by atoms with Crippen LogP contribution in [-0.4, -0.2) is 23.6 Å². The number of imide groups is 1. The number of nitrogens with zero attached hydrogens (tertiary/aromatic N) is 1. The molecule has 0 aliphatic carbocycles. The number of carbonyl (C=O) groups is 3. The SMILES string of the molecule is O=C1CC(C(=O)[O-])=NC(=O)N1. The number of aliphatic carboxylic acids is 1. The average molecular weight is 155 g/mol. The van der Waals surface area contributed by atoms with Gasteiger partial charge in [0.05, 0.1) is 18.1 Å². The maximum Gasteiger partial charge on any atom is 0.347 e. The maximum atomic E-state index is 10.5. The smallest absolute Gasteiger partial charge is 0.347 e. The molecule has 6 heteroatoms. The Morgan fingerprint density at radius 3 is 2.64 bits per heavy atom. The molecule has 0 aromatic carbocycles. The van der Waals surface area contributed by atoms with E-state index in [1.54, 1.807) is 0 Å². The van der Waals surface area contributed by atoms with Crippen molar-refractivity contribution in [1.29, 1.82) is 0 Å². The van der Waals surface area contributed by atoms with Crippen molar-refractivity contribution in [3.63, 3.8) is 0 Å². The van der Waals surface area contributed by atoms with Crippen molar-refractivity contribution in [3.8, 4) is 0 Å². The van der Waals surface area contributed by atoms with Crippen molar-refractivity contribution in [2.75, 3.05) is 0 Å². The van der Waals surface area contributed by atoms with Gasteiger partial charge in [-0.05, 0) is 0 Å². The summed E-state index contributed by atoms with van der Waals surface area (Å²) >= 11 is 0. The van der Waals surface area contributed by atoms with Crippen LogP contribution in [0.2, 0.25) is 0 Å². The average Bonchev–Trinajstić information content (AvgIpc) is 1.85. The first-order chi connectivity index (χ1) is 5.09. The van der Waals surface area contributed by atoms with Gasteiger partial charge < -0.3 is 9.90 Å². The van der Waals surface area contributed by atoms with Crippen molar-refractivity contribution in [3.05, 3.63) is 0 Å². The van der Waals surface area contributed by atoms with Crippen LogP contribution in [0, 0.1) is 0 Å². The molecular formula is C5H3N2O4-. The lowest BCUT2D eigenvalue weighted by Gasteiger charge is -2.10. The van der Waals surface area contributed by atoms with Crippen LogP contribution in [0.5, 0.6) is 0 Å². The zero-order chi connectivity index (χ0) is 8.43. The fraction of sp³-hybridized carbons (Fsp3) is 0.200. The number of hydrogen-bond donors (Lipinski definition) is 1. The van der Waals surface area contributed by atoms with Crippen LogP contribution in [0.25, 0.3) is 0 Å². The van der Waals surface area contributed by atoms with Gasteiger partial charge in [0.2, 0.25) is 5.91 Å². The summed E-state index contributed by atoms with van der Waals surface area (Å²) < 4.78 is 0. The Bertz CT molecular complexity index is 268. The molecule has 0 fully saturated rings. The predicted molar refractivity (Wildman–Crippen MR) is 30.6 cm³/mol. The van der Waals surface area contributed by atoms with Crippen LogP contribution in [0.3, 0.4) is 0 Å². The Balaban J connectivity index is 2.89. The second-order valence-corrected chi connectivity index (χ2v) is 1.88. The summed E-state index contributed by atoms with van der Waals surface area (Å²) in [7, 11) is 0. The van der Waals surface area contributed by atoms with Gasteiger partial charge in [-0.2, -0.15) is 4.99 Å². The molecule has 3 amide bonds. The van der Waals surface area contributed by atoms with E-state index in [0.717, 1.165) is 0 Å². The Morgan fingerprint density at radius 2 is 2.18 bits per heavy atom. The van der Waals surface area contributed by atoms with E-state index in [-0.39, 0.29) is 0 Å². The largest absolute Gasteiger partial charge is 0.543 e. The van der Waals surface area contributed by atoms with Crippen LogP contribution in [0.4, 0.5) is 4.79 Å². The van der Waals surface area contributed by atoms with Crippen LogP contribution < -0.4 is 10.4 Å². The highest BCUT2D eigenvalue weighted by Crippen LogP contribution is 1.94. The van der Waals surface area contributed by atoms with E-state index in [2.05, 4.69) is 4.99 Å². The molecule has 0 saturated carbocycles. The number of urea groups is 1. The van der Waals surface area contributed by atoms with Gasteiger partial charge in [-0.3, -0.25) is 10.1 Å². The van der Waals surface area contributed by atoms with Gasteiger partial charge >= 0.3 is 6.03 Å². The predicted octanol–water partition coefficient (Wildman–Crippen LogP) is -2.18. The molecule has 0 aromatic rings. The molecule has 0 bridgehead atoms. The molecule has 1 aliphatic rings. The van der Waals surface area contributed by atoms with Crippen molar-refractivity contribution in [2.45, 2.75) is 6.42 Å². The maximum absolute atomic E-state index is 10.5. The monoisotopic (exact) mass is 155 g/mol. The molecule has 1 rings (SSSR count). The second kappa shape index (κ2) is 2.49. The van der Waals surface area contributed by atoms with Gasteiger partial charge in [-0.25, -0.2) is 4.79 Å². The number of aliphatic imine (C=N–C) groups is 1. The number of carbonyl (C=O) groups excluding carboxylic acids is 3. The summed E-state index contributed by atoms with van der Waals surface area (Å²) in [4.78, 5) is 33.9. The number of amides is 3. The van der Waals surface area contributed by atoms with Crippen LogP contribution in [-0.2, 0) is 9.59 Å². The molecule has 0 atom stereocenters. The molecule has 1 aliphatic heterocycles. The minimum Gasteiger partial charge on any atom is -0.543 e. The standard InChI is InChI=1S/C5H4N2O4/c8-3-1-2(4(9)10)6-5(11)7-3/h1H2,(H,9,10)(H,7,8,11)/p-1. The number of hydrogen-bond acceptors (Lipinski definition) is 4. The number of nitrogens with one attached hydrogen (secondary N) is 1. The highest BCUT2D eigenvalue weighted by molar-refractivity contribution is 6.41. The molecule has 1 heterocycles. The third kappa shape index (κ3) is 1.60. The van der Waals surface area contributed by atoms with Gasteiger partial charge in [0.1, 0.15) is 0 Å². The summed E-state index contributed by atoms with van der Waals surface area (Å²) in [6.07, 6.45) is -0.409. The Morgan fingerprint density at radius 1 is 1.55 bits per heavy atom. The number of carboxylic acid groups (broad SMARTS) is 1. The van der Waals surface area contributed by atoms with Gasteiger partial charge in [0, 0.05) is 0 Å². The van der Waals surface area contributed by atoms with E-state index in [9.17, 15) is 19.5 Å². The second-order valence-electron chi connectivity index (χ2n) is 1.88. The number of rotatable bonds is 1. The lowest BCUT2D eigenvalue weighted by atomic mass is 10.2. The molecule has 0 unspecified atom stereocenters. The van der Waals surface area contributed by atoms with Gasteiger partial charge in [-0.1, -0.05) is 0 Å². The third-order valence-corrected chi connectivity index (χ3v) is 1.05. The molecule has 11 heavy (non-hydrogen) atoms. The molecule has 0 aromatic heterocycles. The zero-order valence-electron chi connectivity index (χ0n) is 5.29. The fourth-order valence-electron chi connectivity index (χ4n) is 0.623. The van der Waals surface area contributed by atoms with Crippen molar-refractivity contribution in [2.24, 2.45) is 4.99 Å². The first-order valence-corrected chi connectivity index (χ1v) is 2.72. The zero-order valence-corrected chi connectivity index (χ0v) is 5.29. The van der Waals surface area contributed by atoms with Gasteiger partial charge in [-0.15, -0.1) is 0 Å². The van der Waals surface area contributed by atoms with E-state index in [1.807, 2.05) is 5.32 Å². The fourth-order valence-corrected chi connectivity index (χ4v) is 0.623. The minimum absolute atomic E-state index is 0.409. The molecule has 0 saturated heterocycles. The Labute approximate surface area is 60.9 Å². The van der Waals surface area contributed by atoms with E-state index < -0.39 is 30.0 Å². The third-order valence-electron chi connectivity index (χ3n) is 1.05. The summed E-state index contributed by atoms with van der Waals surface area (Å²) in [5.41, 5.74) is -0.529. The van der Waals surface area contributed by atoms with E-state index in [0.29, 0.717) is 0 Å². The van der Waals surface area contributed by atoms with Crippen LogP contribution >= 0.6 is 0 Å². The van der Waals surface area contributed by atoms with E-state index >= 15 is 0 Å². The molecule has 0 spiro atoms.